The molecule has 5 heteroatoms. The number of hydrogen-bond acceptors (Lipinski definition) is 5. The zero-order valence-electron chi connectivity index (χ0n) is 12.2. The fourth-order valence-corrected chi connectivity index (χ4v) is 2.09. The maximum Gasteiger partial charge on any atom is 0.223 e. The van der Waals surface area contributed by atoms with Crippen LogP contribution in [0.2, 0.25) is 0 Å². The Bertz CT molecular complexity index is 522. The average Bonchev–Trinajstić information content (AvgIpc) is 2.89. The van der Waals surface area contributed by atoms with E-state index in [2.05, 4.69) is 41.4 Å². The number of aromatic nitrogens is 2. The van der Waals surface area contributed by atoms with Crippen LogP contribution in [0.15, 0.2) is 28.8 Å². The van der Waals surface area contributed by atoms with Crippen molar-refractivity contribution in [3.05, 3.63) is 41.5 Å². The molecule has 2 rings (SSSR count). The Hall–Kier alpha value is -1.88. The van der Waals surface area contributed by atoms with Gasteiger partial charge in [0.1, 0.15) is 5.75 Å². The minimum Gasteiger partial charge on any atom is -0.485 e. The number of benzene rings is 1. The normalized spacial score (nSPS) is 12.3. The van der Waals surface area contributed by atoms with Gasteiger partial charge in [0, 0.05) is 13.0 Å². The molecule has 0 fully saturated rings. The van der Waals surface area contributed by atoms with Crippen LogP contribution in [0.4, 0.5) is 0 Å². The van der Waals surface area contributed by atoms with E-state index in [1.807, 2.05) is 12.1 Å². The summed E-state index contributed by atoms with van der Waals surface area (Å²) in [5.41, 5.74) is 1.28. The molecule has 20 heavy (non-hydrogen) atoms. The van der Waals surface area contributed by atoms with Crippen LogP contribution in [0.25, 0.3) is 0 Å². The molecular formula is C15H21N3O2. The van der Waals surface area contributed by atoms with Crippen LogP contribution in [0.1, 0.15) is 43.6 Å². The first kappa shape index (κ1) is 14.5. The summed E-state index contributed by atoms with van der Waals surface area (Å²) in [5.74, 6) is 1.92. The Morgan fingerprint density at radius 3 is 2.55 bits per heavy atom. The highest BCUT2D eigenvalue weighted by molar-refractivity contribution is 5.29. The van der Waals surface area contributed by atoms with Gasteiger partial charge in [0.25, 0.3) is 0 Å². The molecule has 1 aromatic carbocycles. The Morgan fingerprint density at radius 2 is 2.00 bits per heavy atom. The summed E-state index contributed by atoms with van der Waals surface area (Å²) in [6.45, 7) is 7.34. The second-order valence-electron chi connectivity index (χ2n) is 4.61. The Balaban J connectivity index is 1.94. The van der Waals surface area contributed by atoms with Crippen molar-refractivity contribution in [3.8, 4) is 5.75 Å². The van der Waals surface area contributed by atoms with Crippen LogP contribution in [-0.4, -0.2) is 16.7 Å². The second kappa shape index (κ2) is 7.05. The molecule has 0 aliphatic carbocycles. The van der Waals surface area contributed by atoms with E-state index in [1.54, 1.807) is 6.92 Å². The van der Waals surface area contributed by atoms with Gasteiger partial charge in [0.15, 0.2) is 6.61 Å². The number of nitrogens with one attached hydrogen (secondary N) is 1. The van der Waals surface area contributed by atoms with E-state index in [9.17, 15) is 0 Å². The molecule has 1 aromatic heterocycles. The smallest absolute Gasteiger partial charge is 0.223 e. The van der Waals surface area contributed by atoms with Crippen molar-refractivity contribution in [2.45, 2.75) is 39.8 Å². The quantitative estimate of drug-likeness (QED) is 0.841. The highest BCUT2D eigenvalue weighted by atomic mass is 16.5. The summed E-state index contributed by atoms with van der Waals surface area (Å²) in [4.78, 5) is 4.10. The van der Waals surface area contributed by atoms with Gasteiger partial charge < -0.3 is 14.6 Å². The van der Waals surface area contributed by atoms with E-state index >= 15 is 0 Å². The lowest BCUT2D eigenvalue weighted by atomic mass is 10.0. The Kier molecular flexibility index (Phi) is 5.12. The van der Waals surface area contributed by atoms with Gasteiger partial charge in [-0.2, -0.15) is 4.98 Å². The molecule has 0 spiro atoms. The van der Waals surface area contributed by atoms with E-state index < -0.39 is 0 Å². The van der Waals surface area contributed by atoms with Gasteiger partial charge in [-0.25, -0.2) is 0 Å². The van der Waals surface area contributed by atoms with Crippen LogP contribution in [-0.2, 0) is 6.61 Å². The number of ether oxygens (including phenoxy) is 1. The fraction of sp³-hybridized carbons (Fsp3) is 0.467. The van der Waals surface area contributed by atoms with Crippen LogP contribution >= 0.6 is 0 Å². The van der Waals surface area contributed by atoms with Crippen molar-refractivity contribution in [1.29, 1.82) is 0 Å². The van der Waals surface area contributed by atoms with E-state index in [1.165, 1.54) is 5.56 Å². The topological polar surface area (TPSA) is 60.2 Å². The van der Waals surface area contributed by atoms with Crippen LogP contribution < -0.4 is 10.1 Å². The van der Waals surface area contributed by atoms with Crippen molar-refractivity contribution in [3.63, 3.8) is 0 Å². The van der Waals surface area contributed by atoms with Gasteiger partial charge in [0.05, 0.1) is 0 Å². The van der Waals surface area contributed by atoms with Crippen molar-refractivity contribution in [2.24, 2.45) is 0 Å². The molecule has 0 saturated heterocycles. The lowest BCUT2D eigenvalue weighted by molar-refractivity contribution is 0.285. The minimum absolute atomic E-state index is 0.321. The summed E-state index contributed by atoms with van der Waals surface area (Å²) in [6.07, 6.45) is 1.07. The second-order valence-corrected chi connectivity index (χ2v) is 4.61. The van der Waals surface area contributed by atoms with Crippen molar-refractivity contribution >= 4 is 0 Å². The first-order valence-corrected chi connectivity index (χ1v) is 6.98. The lowest BCUT2D eigenvalue weighted by Crippen LogP contribution is -2.19. The molecule has 0 bridgehead atoms. The maximum absolute atomic E-state index is 5.63. The zero-order valence-corrected chi connectivity index (χ0v) is 12.2. The molecule has 0 saturated carbocycles. The first-order valence-electron chi connectivity index (χ1n) is 6.98. The SMILES string of the molecule is CCNC(CC)c1ccc(OCc2noc(C)n2)cc1. The summed E-state index contributed by atoms with van der Waals surface area (Å²) in [5, 5.41) is 7.25. The standard InChI is InChI=1S/C15H21N3O2/c1-4-14(16-5-2)12-6-8-13(9-7-12)19-10-15-17-11(3)20-18-15/h6-9,14,16H,4-5,10H2,1-3H3. The number of rotatable bonds is 7. The van der Waals surface area contributed by atoms with E-state index in [-0.39, 0.29) is 0 Å². The van der Waals surface area contributed by atoms with E-state index in [0.717, 1.165) is 18.7 Å². The summed E-state index contributed by atoms with van der Waals surface area (Å²) in [7, 11) is 0. The molecule has 1 heterocycles. The molecule has 0 aliphatic rings. The fourth-order valence-electron chi connectivity index (χ4n) is 2.09. The Morgan fingerprint density at radius 1 is 1.25 bits per heavy atom. The van der Waals surface area contributed by atoms with Gasteiger partial charge >= 0.3 is 0 Å². The van der Waals surface area contributed by atoms with Gasteiger partial charge in [-0.15, -0.1) is 0 Å². The molecule has 1 atom stereocenters. The molecule has 0 amide bonds. The first-order chi connectivity index (χ1) is 9.72. The third-order valence-corrected chi connectivity index (χ3v) is 3.08. The molecule has 1 N–H and O–H groups in total. The van der Waals surface area contributed by atoms with Crippen LogP contribution in [0, 0.1) is 6.92 Å². The molecule has 108 valence electrons. The summed E-state index contributed by atoms with van der Waals surface area (Å²) >= 11 is 0. The molecular weight excluding hydrogens is 254 g/mol. The molecule has 2 aromatic rings. The molecule has 0 aliphatic heterocycles. The predicted molar refractivity (Wildman–Crippen MR) is 76.5 cm³/mol. The van der Waals surface area contributed by atoms with Gasteiger partial charge in [-0.1, -0.05) is 31.1 Å². The van der Waals surface area contributed by atoms with Crippen molar-refractivity contribution in [2.75, 3.05) is 6.54 Å². The number of hydrogen-bond donors (Lipinski definition) is 1. The van der Waals surface area contributed by atoms with Crippen molar-refractivity contribution < 1.29 is 9.26 Å². The highest BCUT2D eigenvalue weighted by Crippen LogP contribution is 2.20. The van der Waals surface area contributed by atoms with Gasteiger partial charge in [-0.3, -0.25) is 0 Å². The van der Waals surface area contributed by atoms with E-state index in [4.69, 9.17) is 9.26 Å². The minimum atomic E-state index is 0.321. The van der Waals surface area contributed by atoms with Gasteiger partial charge in [0.2, 0.25) is 11.7 Å². The lowest BCUT2D eigenvalue weighted by Gasteiger charge is -2.16. The third kappa shape index (κ3) is 3.81. The number of nitrogens with zero attached hydrogens (tertiary/aromatic N) is 2. The molecule has 5 nitrogen and oxygen atoms in total. The number of aryl methyl sites for hydroxylation is 1. The van der Waals surface area contributed by atoms with Crippen LogP contribution in [0.3, 0.4) is 0 Å². The largest absolute Gasteiger partial charge is 0.485 e. The van der Waals surface area contributed by atoms with E-state index in [0.29, 0.717) is 24.4 Å². The Labute approximate surface area is 119 Å². The summed E-state index contributed by atoms with van der Waals surface area (Å²) < 4.78 is 10.5. The monoisotopic (exact) mass is 275 g/mol. The van der Waals surface area contributed by atoms with Gasteiger partial charge in [-0.05, 0) is 30.7 Å². The molecule has 0 radical (unpaired) electrons. The molecule has 1 unspecified atom stereocenters. The van der Waals surface area contributed by atoms with Crippen molar-refractivity contribution in [1.82, 2.24) is 15.5 Å². The zero-order chi connectivity index (χ0) is 14.4. The predicted octanol–water partition coefficient (Wildman–Crippen LogP) is 3.02. The maximum atomic E-state index is 5.63. The summed E-state index contributed by atoms with van der Waals surface area (Å²) in [6, 6.07) is 8.53. The highest BCUT2D eigenvalue weighted by Gasteiger charge is 2.08. The average molecular weight is 275 g/mol. The third-order valence-electron chi connectivity index (χ3n) is 3.08. The van der Waals surface area contributed by atoms with Crippen LogP contribution in [0.5, 0.6) is 5.75 Å².